The molecule has 23 heavy (non-hydrogen) atoms. The van der Waals surface area contributed by atoms with Crippen LogP contribution in [0.15, 0.2) is 40.4 Å². The van der Waals surface area contributed by atoms with Gasteiger partial charge in [-0.25, -0.2) is 4.79 Å². The Kier molecular flexibility index (Phi) is 4.81. The third-order valence-corrected chi connectivity index (χ3v) is 4.63. The van der Waals surface area contributed by atoms with Gasteiger partial charge in [0.05, 0.1) is 22.9 Å². The summed E-state index contributed by atoms with van der Waals surface area (Å²) in [6, 6.07) is 8.69. The number of esters is 1. The number of carbonyl (C=O) groups excluding carboxylic acids is 1. The lowest BCUT2D eigenvalue weighted by Gasteiger charge is -2.21. The van der Waals surface area contributed by atoms with E-state index in [1.54, 1.807) is 31.2 Å². The SMILES string of the molecule is CCN1C=C(C(=O)OCc2cccc(C#N)c2)C(C)=NS1(=O)=O. The summed E-state index contributed by atoms with van der Waals surface area (Å²) >= 11 is 0. The summed E-state index contributed by atoms with van der Waals surface area (Å²) in [5.74, 6) is -0.665. The fraction of sp³-hybridized carbons (Fsp3) is 0.267. The molecule has 0 atom stereocenters. The van der Waals surface area contributed by atoms with Gasteiger partial charge in [0.25, 0.3) is 0 Å². The molecule has 1 aromatic carbocycles. The normalized spacial score (nSPS) is 16.1. The molecule has 1 heterocycles. The first-order valence-corrected chi connectivity index (χ1v) is 8.23. The molecule has 0 saturated carbocycles. The monoisotopic (exact) mass is 333 g/mol. The predicted molar refractivity (Wildman–Crippen MR) is 83.4 cm³/mol. The molecule has 1 aliphatic rings. The molecule has 0 fully saturated rings. The molecule has 1 aliphatic heterocycles. The van der Waals surface area contributed by atoms with Crippen molar-refractivity contribution in [3.05, 3.63) is 47.2 Å². The lowest BCUT2D eigenvalue weighted by atomic mass is 10.1. The van der Waals surface area contributed by atoms with Crippen molar-refractivity contribution in [2.45, 2.75) is 20.5 Å². The van der Waals surface area contributed by atoms with Crippen LogP contribution in [0.5, 0.6) is 0 Å². The van der Waals surface area contributed by atoms with Crippen LogP contribution in [0.2, 0.25) is 0 Å². The van der Waals surface area contributed by atoms with Gasteiger partial charge < -0.3 is 4.74 Å². The minimum absolute atomic E-state index is 0.0160. The van der Waals surface area contributed by atoms with Crippen LogP contribution in [0.4, 0.5) is 0 Å². The molecule has 0 aromatic heterocycles. The molecule has 0 N–H and O–H groups in total. The van der Waals surface area contributed by atoms with E-state index >= 15 is 0 Å². The zero-order valence-electron chi connectivity index (χ0n) is 12.7. The summed E-state index contributed by atoms with van der Waals surface area (Å²) in [6.45, 7) is 3.23. The predicted octanol–water partition coefficient (Wildman–Crippen LogP) is 1.53. The fourth-order valence-electron chi connectivity index (χ4n) is 1.99. The van der Waals surface area contributed by atoms with Crippen molar-refractivity contribution in [3.63, 3.8) is 0 Å². The first-order valence-electron chi connectivity index (χ1n) is 6.84. The van der Waals surface area contributed by atoms with Gasteiger partial charge in [-0.2, -0.15) is 13.7 Å². The summed E-state index contributed by atoms with van der Waals surface area (Å²) in [6.07, 6.45) is 1.23. The van der Waals surface area contributed by atoms with E-state index in [0.717, 1.165) is 4.31 Å². The van der Waals surface area contributed by atoms with Gasteiger partial charge in [0, 0.05) is 12.7 Å². The van der Waals surface area contributed by atoms with Crippen molar-refractivity contribution in [2.24, 2.45) is 4.40 Å². The Morgan fingerprint density at radius 2 is 2.17 bits per heavy atom. The van der Waals surface area contributed by atoms with Crippen molar-refractivity contribution in [1.82, 2.24) is 4.31 Å². The number of nitriles is 1. The number of carbonyl (C=O) groups is 1. The smallest absolute Gasteiger partial charge is 0.344 e. The molecule has 0 radical (unpaired) electrons. The van der Waals surface area contributed by atoms with Gasteiger partial charge in [-0.3, -0.25) is 4.31 Å². The molecule has 0 amide bonds. The van der Waals surface area contributed by atoms with E-state index in [2.05, 4.69) is 4.40 Å². The summed E-state index contributed by atoms with van der Waals surface area (Å²) in [7, 11) is -3.76. The molecule has 0 spiro atoms. The van der Waals surface area contributed by atoms with Crippen LogP contribution in [0, 0.1) is 11.3 Å². The molecule has 0 aliphatic carbocycles. The minimum Gasteiger partial charge on any atom is -0.457 e. The Labute approximate surface area is 134 Å². The van der Waals surface area contributed by atoms with E-state index in [9.17, 15) is 13.2 Å². The van der Waals surface area contributed by atoms with E-state index in [4.69, 9.17) is 10.00 Å². The molecule has 7 nitrogen and oxygen atoms in total. The highest BCUT2D eigenvalue weighted by atomic mass is 32.2. The zero-order chi connectivity index (χ0) is 17.0. The Balaban J connectivity index is 2.13. The molecule has 1 aromatic rings. The maximum atomic E-state index is 12.2. The summed E-state index contributed by atoms with van der Waals surface area (Å²) in [4.78, 5) is 12.2. The van der Waals surface area contributed by atoms with Crippen molar-refractivity contribution < 1.29 is 17.9 Å². The number of hydrogen-bond donors (Lipinski definition) is 0. The fourth-order valence-corrected chi connectivity index (χ4v) is 3.11. The maximum Gasteiger partial charge on any atom is 0.344 e. The second-order valence-electron chi connectivity index (χ2n) is 4.79. The molecular weight excluding hydrogens is 318 g/mol. The molecule has 8 heteroatoms. The number of hydrogen-bond acceptors (Lipinski definition) is 5. The highest BCUT2D eigenvalue weighted by molar-refractivity contribution is 7.88. The molecule has 0 saturated heterocycles. The highest BCUT2D eigenvalue weighted by Crippen LogP contribution is 2.17. The average Bonchev–Trinajstić information content (AvgIpc) is 2.52. The van der Waals surface area contributed by atoms with Gasteiger partial charge in [0.2, 0.25) is 0 Å². The quantitative estimate of drug-likeness (QED) is 0.778. The van der Waals surface area contributed by atoms with Crippen LogP contribution in [0.3, 0.4) is 0 Å². The van der Waals surface area contributed by atoms with Crippen LogP contribution in [-0.2, 0) is 26.3 Å². The lowest BCUT2D eigenvalue weighted by Crippen LogP contribution is -2.31. The van der Waals surface area contributed by atoms with Gasteiger partial charge in [0.15, 0.2) is 0 Å². The first-order chi connectivity index (χ1) is 10.9. The molecular formula is C15H15N3O4S. The molecule has 2 rings (SSSR count). The highest BCUT2D eigenvalue weighted by Gasteiger charge is 2.27. The second-order valence-corrected chi connectivity index (χ2v) is 6.34. The van der Waals surface area contributed by atoms with Crippen molar-refractivity contribution in [2.75, 3.05) is 6.54 Å². The number of benzene rings is 1. The Morgan fingerprint density at radius 3 is 2.83 bits per heavy atom. The molecule has 0 unspecified atom stereocenters. The number of nitrogens with zero attached hydrogens (tertiary/aromatic N) is 3. The molecule has 120 valence electrons. The molecule has 0 bridgehead atoms. The Morgan fingerprint density at radius 1 is 1.43 bits per heavy atom. The van der Waals surface area contributed by atoms with Crippen molar-refractivity contribution >= 4 is 21.9 Å². The minimum atomic E-state index is -3.76. The van der Waals surface area contributed by atoms with Crippen molar-refractivity contribution in [3.8, 4) is 6.07 Å². The van der Waals surface area contributed by atoms with Crippen LogP contribution in [-0.4, -0.2) is 30.9 Å². The van der Waals surface area contributed by atoms with Crippen LogP contribution >= 0.6 is 0 Å². The standard InChI is InChI=1S/C15H15N3O4S/c1-3-18-9-14(11(2)17-23(18,20)21)15(19)22-10-13-6-4-5-12(7-13)8-16/h4-7,9H,3,10H2,1-2H3. The lowest BCUT2D eigenvalue weighted by molar-refractivity contribution is -0.139. The first kappa shape index (κ1) is 16.7. The van der Waals surface area contributed by atoms with Gasteiger partial charge in [-0.15, -0.1) is 4.40 Å². The topological polar surface area (TPSA) is 99.8 Å². The summed E-state index contributed by atoms with van der Waals surface area (Å²) in [5, 5.41) is 8.84. The van der Waals surface area contributed by atoms with E-state index in [-0.39, 0.29) is 24.4 Å². The number of ether oxygens (including phenoxy) is 1. The van der Waals surface area contributed by atoms with Gasteiger partial charge in [-0.05, 0) is 31.5 Å². The second kappa shape index (κ2) is 6.62. The van der Waals surface area contributed by atoms with Crippen LogP contribution in [0.1, 0.15) is 25.0 Å². The van der Waals surface area contributed by atoms with E-state index in [1.165, 1.54) is 13.1 Å². The van der Waals surface area contributed by atoms with Crippen molar-refractivity contribution in [1.29, 1.82) is 5.26 Å². The van der Waals surface area contributed by atoms with Crippen LogP contribution < -0.4 is 0 Å². The number of rotatable bonds is 4. The largest absolute Gasteiger partial charge is 0.457 e. The van der Waals surface area contributed by atoms with Gasteiger partial charge in [-0.1, -0.05) is 12.1 Å². The Bertz CT molecular complexity index is 835. The van der Waals surface area contributed by atoms with E-state index in [1.807, 2.05) is 6.07 Å². The third-order valence-electron chi connectivity index (χ3n) is 3.17. The van der Waals surface area contributed by atoms with E-state index in [0.29, 0.717) is 11.1 Å². The van der Waals surface area contributed by atoms with Gasteiger partial charge in [0.1, 0.15) is 6.61 Å². The van der Waals surface area contributed by atoms with Gasteiger partial charge >= 0.3 is 16.2 Å². The average molecular weight is 333 g/mol. The zero-order valence-corrected chi connectivity index (χ0v) is 13.5. The maximum absolute atomic E-state index is 12.2. The Hall–Kier alpha value is -2.66. The third kappa shape index (κ3) is 3.76. The van der Waals surface area contributed by atoms with E-state index < -0.39 is 16.2 Å². The summed E-state index contributed by atoms with van der Waals surface area (Å²) in [5.41, 5.74) is 1.32. The summed E-state index contributed by atoms with van der Waals surface area (Å²) < 4.78 is 33.2. The van der Waals surface area contributed by atoms with Crippen LogP contribution in [0.25, 0.3) is 0 Å².